The number of aryl methyl sites for hydroxylation is 1. The fourth-order valence-electron chi connectivity index (χ4n) is 1.71. The Labute approximate surface area is 121 Å². The lowest BCUT2D eigenvalue weighted by atomic mass is 10.2. The zero-order chi connectivity index (χ0) is 14.8. The quantitative estimate of drug-likeness (QED) is 0.879. The van der Waals surface area contributed by atoms with E-state index in [4.69, 9.17) is 5.73 Å². The van der Waals surface area contributed by atoms with Crippen molar-refractivity contribution in [3.63, 3.8) is 0 Å². The van der Waals surface area contributed by atoms with Gasteiger partial charge in [0.15, 0.2) is 0 Å². The van der Waals surface area contributed by atoms with Gasteiger partial charge in [-0.15, -0.1) is 11.3 Å². The van der Waals surface area contributed by atoms with Gasteiger partial charge in [-0.05, 0) is 18.6 Å². The summed E-state index contributed by atoms with van der Waals surface area (Å²) < 4.78 is 26.9. The Morgan fingerprint density at radius 3 is 2.50 bits per heavy atom. The lowest BCUT2D eigenvalue weighted by Crippen LogP contribution is -2.23. The molecule has 106 valence electrons. The van der Waals surface area contributed by atoms with Crippen molar-refractivity contribution in [2.24, 2.45) is 5.73 Å². The molecule has 0 radical (unpaired) electrons. The smallest absolute Gasteiger partial charge is 0.258 e. The van der Waals surface area contributed by atoms with E-state index in [1.807, 2.05) is 30.3 Å². The number of hydrogen-bond acceptors (Lipinski definition) is 4. The predicted molar refractivity (Wildman–Crippen MR) is 78.0 cm³/mol. The van der Waals surface area contributed by atoms with Gasteiger partial charge in [0.2, 0.25) is 10.0 Å². The molecule has 2 aromatic rings. The number of hydrogen-bond donors (Lipinski definition) is 2. The molecule has 0 fully saturated rings. The highest BCUT2D eigenvalue weighted by Crippen LogP contribution is 2.25. The molecule has 0 spiro atoms. The van der Waals surface area contributed by atoms with Crippen LogP contribution in [0.5, 0.6) is 0 Å². The first-order valence-corrected chi connectivity index (χ1v) is 8.14. The third-order valence-corrected chi connectivity index (χ3v) is 5.44. The molecule has 20 heavy (non-hydrogen) atoms. The normalized spacial score (nSPS) is 11.4. The maximum Gasteiger partial charge on any atom is 0.258 e. The second kappa shape index (κ2) is 5.74. The average Bonchev–Trinajstić information content (AvgIpc) is 2.81. The van der Waals surface area contributed by atoms with Crippen LogP contribution in [-0.4, -0.2) is 14.3 Å². The number of thiophene rings is 1. The van der Waals surface area contributed by atoms with Gasteiger partial charge >= 0.3 is 0 Å². The minimum atomic E-state index is -3.65. The zero-order valence-corrected chi connectivity index (χ0v) is 12.4. The van der Waals surface area contributed by atoms with Gasteiger partial charge in [0.25, 0.3) is 5.91 Å². The van der Waals surface area contributed by atoms with Crippen LogP contribution in [0.3, 0.4) is 0 Å². The standard InChI is InChI=1S/C13H14N2O3S2/c1-9-12(7-11(19-9)13(14)16)20(17,18)15-8-10-5-3-2-4-6-10/h2-7,15H,8H2,1H3,(H2,14,16). The third kappa shape index (κ3) is 3.24. The molecule has 1 amide bonds. The van der Waals surface area contributed by atoms with Crippen LogP contribution in [-0.2, 0) is 16.6 Å². The first-order valence-electron chi connectivity index (χ1n) is 5.84. The summed E-state index contributed by atoms with van der Waals surface area (Å²) in [5.74, 6) is -0.623. The lowest BCUT2D eigenvalue weighted by Gasteiger charge is -2.06. The Morgan fingerprint density at radius 1 is 1.30 bits per heavy atom. The average molecular weight is 310 g/mol. The molecule has 0 saturated carbocycles. The first kappa shape index (κ1) is 14.7. The lowest BCUT2D eigenvalue weighted by molar-refractivity contribution is 0.100. The molecule has 7 heteroatoms. The van der Waals surface area contributed by atoms with E-state index in [0.717, 1.165) is 16.9 Å². The number of nitrogens with two attached hydrogens (primary N) is 1. The number of benzene rings is 1. The molecule has 0 saturated heterocycles. The predicted octanol–water partition coefficient (Wildman–Crippen LogP) is 1.63. The van der Waals surface area contributed by atoms with Gasteiger partial charge in [0.05, 0.1) is 9.77 Å². The molecule has 2 rings (SSSR count). The van der Waals surface area contributed by atoms with Gasteiger partial charge in [-0.25, -0.2) is 13.1 Å². The second-order valence-electron chi connectivity index (χ2n) is 4.21. The first-order chi connectivity index (χ1) is 9.40. The molecule has 0 atom stereocenters. The van der Waals surface area contributed by atoms with Crippen molar-refractivity contribution in [2.45, 2.75) is 18.4 Å². The van der Waals surface area contributed by atoms with E-state index in [1.165, 1.54) is 6.07 Å². The molecule has 0 bridgehead atoms. The summed E-state index contributed by atoms with van der Waals surface area (Å²) in [7, 11) is -3.65. The SMILES string of the molecule is Cc1sc(C(N)=O)cc1S(=O)(=O)NCc1ccccc1. The minimum Gasteiger partial charge on any atom is -0.365 e. The number of sulfonamides is 1. The highest BCUT2D eigenvalue weighted by molar-refractivity contribution is 7.89. The fraction of sp³-hybridized carbons (Fsp3) is 0.154. The van der Waals surface area contributed by atoms with Crippen LogP contribution >= 0.6 is 11.3 Å². The number of amides is 1. The number of rotatable bonds is 5. The highest BCUT2D eigenvalue weighted by atomic mass is 32.2. The monoisotopic (exact) mass is 310 g/mol. The Hall–Kier alpha value is -1.70. The largest absolute Gasteiger partial charge is 0.365 e. The minimum absolute atomic E-state index is 0.104. The van der Waals surface area contributed by atoms with E-state index in [0.29, 0.717) is 4.88 Å². The Morgan fingerprint density at radius 2 is 1.95 bits per heavy atom. The topological polar surface area (TPSA) is 89.3 Å². The fourth-order valence-corrected chi connectivity index (χ4v) is 4.16. The van der Waals surface area contributed by atoms with Crippen LogP contribution < -0.4 is 10.5 Å². The summed E-state index contributed by atoms with van der Waals surface area (Å²) in [6.45, 7) is 1.85. The Balaban J connectivity index is 2.20. The van der Waals surface area contributed by atoms with Crippen molar-refractivity contribution < 1.29 is 13.2 Å². The Bertz CT molecular complexity index is 721. The number of carbonyl (C=O) groups is 1. The molecule has 3 N–H and O–H groups in total. The summed E-state index contributed by atoms with van der Waals surface area (Å²) in [6.07, 6.45) is 0. The molecule has 1 aromatic carbocycles. The molecule has 1 heterocycles. The van der Waals surface area contributed by atoms with Crippen molar-refractivity contribution in [1.82, 2.24) is 4.72 Å². The third-order valence-electron chi connectivity index (χ3n) is 2.71. The van der Waals surface area contributed by atoms with Gasteiger partial charge in [-0.3, -0.25) is 4.79 Å². The molecular formula is C13H14N2O3S2. The van der Waals surface area contributed by atoms with E-state index in [2.05, 4.69) is 4.72 Å². The van der Waals surface area contributed by atoms with Gasteiger partial charge in [-0.1, -0.05) is 30.3 Å². The van der Waals surface area contributed by atoms with Crippen LogP contribution in [0.4, 0.5) is 0 Å². The summed E-state index contributed by atoms with van der Waals surface area (Å²) in [6, 6.07) is 10.5. The van der Waals surface area contributed by atoms with Crippen molar-refractivity contribution in [2.75, 3.05) is 0 Å². The van der Waals surface area contributed by atoms with Crippen LogP contribution in [0.25, 0.3) is 0 Å². The van der Waals surface area contributed by atoms with Crippen LogP contribution in [0.15, 0.2) is 41.3 Å². The molecule has 0 aliphatic heterocycles. The molecule has 0 aliphatic carbocycles. The van der Waals surface area contributed by atoms with E-state index in [1.54, 1.807) is 6.92 Å². The van der Waals surface area contributed by atoms with E-state index in [-0.39, 0.29) is 16.3 Å². The van der Waals surface area contributed by atoms with Gasteiger partial charge in [-0.2, -0.15) is 0 Å². The van der Waals surface area contributed by atoms with Gasteiger partial charge in [0, 0.05) is 11.4 Å². The van der Waals surface area contributed by atoms with Crippen molar-refractivity contribution in [3.8, 4) is 0 Å². The summed E-state index contributed by atoms with van der Waals surface area (Å²) >= 11 is 1.08. The number of nitrogens with one attached hydrogen (secondary N) is 1. The summed E-state index contributed by atoms with van der Waals surface area (Å²) in [5, 5.41) is 0. The van der Waals surface area contributed by atoms with Crippen LogP contribution in [0.1, 0.15) is 20.1 Å². The number of carbonyl (C=O) groups excluding carboxylic acids is 1. The summed E-state index contributed by atoms with van der Waals surface area (Å²) in [4.78, 5) is 12.0. The Kier molecular flexibility index (Phi) is 4.22. The van der Waals surface area contributed by atoms with Gasteiger partial charge < -0.3 is 5.73 Å². The van der Waals surface area contributed by atoms with E-state index in [9.17, 15) is 13.2 Å². The molecule has 0 unspecified atom stereocenters. The second-order valence-corrected chi connectivity index (χ2v) is 7.20. The molecule has 0 aliphatic rings. The zero-order valence-electron chi connectivity index (χ0n) is 10.8. The van der Waals surface area contributed by atoms with Crippen molar-refractivity contribution in [1.29, 1.82) is 0 Å². The van der Waals surface area contributed by atoms with Crippen LogP contribution in [0.2, 0.25) is 0 Å². The van der Waals surface area contributed by atoms with Gasteiger partial charge in [0.1, 0.15) is 0 Å². The molecular weight excluding hydrogens is 296 g/mol. The maximum atomic E-state index is 12.2. The van der Waals surface area contributed by atoms with E-state index >= 15 is 0 Å². The maximum absolute atomic E-state index is 12.2. The van der Waals surface area contributed by atoms with Crippen LogP contribution in [0, 0.1) is 6.92 Å². The van der Waals surface area contributed by atoms with Crippen molar-refractivity contribution >= 4 is 27.3 Å². The highest BCUT2D eigenvalue weighted by Gasteiger charge is 2.21. The van der Waals surface area contributed by atoms with E-state index < -0.39 is 15.9 Å². The number of primary amides is 1. The molecule has 1 aromatic heterocycles. The van der Waals surface area contributed by atoms with Crippen molar-refractivity contribution in [3.05, 3.63) is 51.7 Å². The molecule has 5 nitrogen and oxygen atoms in total. The summed E-state index contributed by atoms with van der Waals surface area (Å²) in [5.41, 5.74) is 6.02.